The van der Waals surface area contributed by atoms with Gasteiger partial charge in [0.2, 0.25) is 5.78 Å². The first-order valence-electron chi connectivity index (χ1n) is 5.63. The van der Waals surface area contributed by atoms with E-state index in [9.17, 15) is 13.6 Å². The van der Waals surface area contributed by atoms with Gasteiger partial charge in [0.15, 0.2) is 0 Å². The average Bonchev–Trinajstić information content (AvgIpc) is 2.81. The lowest BCUT2D eigenvalue weighted by Crippen LogP contribution is -2.01. The van der Waals surface area contributed by atoms with Crippen LogP contribution in [-0.2, 0) is 0 Å². The fraction of sp³-hybridized carbons (Fsp3) is 0. The summed E-state index contributed by atoms with van der Waals surface area (Å²) in [6.07, 6.45) is 0. The van der Waals surface area contributed by atoms with Gasteiger partial charge in [0, 0.05) is 4.70 Å². The summed E-state index contributed by atoms with van der Waals surface area (Å²) >= 11 is 1.17. The fourth-order valence-electron chi connectivity index (χ4n) is 1.89. The van der Waals surface area contributed by atoms with Gasteiger partial charge in [0.05, 0.1) is 10.4 Å². The first-order chi connectivity index (χ1) is 9.15. The van der Waals surface area contributed by atoms with Crippen molar-refractivity contribution in [3.05, 3.63) is 70.6 Å². The van der Waals surface area contributed by atoms with Gasteiger partial charge in [-0.05, 0) is 35.7 Å². The summed E-state index contributed by atoms with van der Waals surface area (Å²) in [5, 5.41) is 0.783. The maximum Gasteiger partial charge on any atom is 0.205 e. The zero-order valence-corrected chi connectivity index (χ0v) is 10.5. The molecule has 19 heavy (non-hydrogen) atoms. The summed E-state index contributed by atoms with van der Waals surface area (Å²) < 4.78 is 27.3. The molecule has 0 saturated carbocycles. The monoisotopic (exact) mass is 274 g/mol. The van der Waals surface area contributed by atoms with Crippen LogP contribution in [0.5, 0.6) is 0 Å². The average molecular weight is 274 g/mol. The zero-order chi connectivity index (χ0) is 13.4. The number of carbonyl (C=O) groups is 1. The van der Waals surface area contributed by atoms with Crippen LogP contribution < -0.4 is 0 Å². The Balaban J connectivity index is 2.09. The van der Waals surface area contributed by atoms with Gasteiger partial charge < -0.3 is 0 Å². The standard InChI is InChI=1S/C15H8F2OS/c16-10-6-5-9-7-14(19-13(9)8-10)15(18)11-3-1-2-4-12(11)17/h1-8H. The van der Waals surface area contributed by atoms with Crippen molar-refractivity contribution in [1.82, 2.24) is 0 Å². The van der Waals surface area contributed by atoms with E-state index in [-0.39, 0.29) is 17.2 Å². The molecule has 0 bridgehead atoms. The molecule has 0 aliphatic carbocycles. The maximum absolute atomic E-state index is 13.6. The van der Waals surface area contributed by atoms with Gasteiger partial charge in [-0.1, -0.05) is 18.2 Å². The van der Waals surface area contributed by atoms with Gasteiger partial charge >= 0.3 is 0 Å². The van der Waals surface area contributed by atoms with Gasteiger partial charge in [-0.2, -0.15) is 0 Å². The second kappa shape index (κ2) is 4.55. The molecule has 3 aromatic rings. The van der Waals surface area contributed by atoms with E-state index in [1.807, 2.05) is 0 Å². The topological polar surface area (TPSA) is 17.1 Å². The third-order valence-electron chi connectivity index (χ3n) is 2.82. The van der Waals surface area contributed by atoms with Gasteiger partial charge in [-0.25, -0.2) is 8.78 Å². The maximum atomic E-state index is 13.6. The Hall–Kier alpha value is -2.07. The molecule has 0 spiro atoms. The molecular weight excluding hydrogens is 266 g/mol. The molecule has 0 aliphatic rings. The highest BCUT2D eigenvalue weighted by atomic mass is 32.1. The van der Waals surface area contributed by atoms with E-state index in [1.165, 1.54) is 41.7 Å². The number of halogens is 2. The van der Waals surface area contributed by atoms with Crippen LogP contribution in [0.1, 0.15) is 15.2 Å². The summed E-state index contributed by atoms with van der Waals surface area (Å²) in [5.74, 6) is -1.27. The highest BCUT2D eigenvalue weighted by Gasteiger charge is 2.16. The van der Waals surface area contributed by atoms with Crippen LogP contribution in [0.2, 0.25) is 0 Å². The zero-order valence-electron chi connectivity index (χ0n) is 9.69. The molecule has 0 aliphatic heterocycles. The summed E-state index contributed by atoms with van der Waals surface area (Å²) in [7, 11) is 0. The molecule has 1 nitrogen and oxygen atoms in total. The summed E-state index contributed by atoms with van der Waals surface area (Å²) in [5.41, 5.74) is 0.0366. The van der Waals surface area contributed by atoms with Gasteiger partial charge in [0.1, 0.15) is 11.6 Å². The van der Waals surface area contributed by atoms with Crippen LogP contribution in [0.4, 0.5) is 8.78 Å². The number of ketones is 1. The SMILES string of the molecule is O=C(c1cc2ccc(F)cc2s1)c1ccccc1F. The van der Waals surface area contributed by atoms with Crippen molar-refractivity contribution in [1.29, 1.82) is 0 Å². The van der Waals surface area contributed by atoms with Crippen LogP contribution in [-0.4, -0.2) is 5.78 Å². The number of fused-ring (bicyclic) bond motifs is 1. The van der Waals surface area contributed by atoms with E-state index < -0.39 is 5.82 Å². The molecule has 0 unspecified atom stereocenters. The number of benzene rings is 2. The van der Waals surface area contributed by atoms with E-state index in [0.29, 0.717) is 9.58 Å². The molecule has 0 fully saturated rings. The van der Waals surface area contributed by atoms with Crippen molar-refractivity contribution in [3.63, 3.8) is 0 Å². The van der Waals surface area contributed by atoms with E-state index in [0.717, 1.165) is 5.39 Å². The Morgan fingerprint density at radius 1 is 1.00 bits per heavy atom. The molecule has 0 atom stereocenters. The largest absolute Gasteiger partial charge is 0.288 e. The molecule has 2 aromatic carbocycles. The number of carbonyl (C=O) groups excluding carboxylic acids is 1. The molecule has 1 heterocycles. The Kier molecular flexibility index (Phi) is 2.87. The van der Waals surface area contributed by atoms with Crippen LogP contribution in [0.25, 0.3) is 10.1 Å². The minimum absolute atomic E-state index is 0.0366. The third-order valence-corrected chi connectivity index (χ3v) is 3.92. The molecule has 0 saturated heterocycles. The predicted molar refractivity (Wildman–Crippen MR) is 71.6 cm³/mol. The smallest absolute Gasteiger partial charge is 0.205 e. The van der Waals surface area contributed by atoms with Gasteiger partial charge in [-0.3, -0.25) is 4.79 Å². The van der Waals surface area contributed by atoms with Crippen LogP contribution in [0, 0.1) is 11.6 Å². The number of rotatable bonds is 2. The van der Waals surface area contributed by atoms with E-state index in [2.05, 4.69) is 0 Å². The predicted octanol–water partition coefficient (Wildman–Crippen LogP) is 4.41. The minimum atomic E-state index is -0.545. The van der Waals surface area contributed by atoms with Crippen molar-refractivity contribution < 1.29 is 13.6 Å². The van der Waals surface area contributed by atoms with Crippen molar-refractivity contribution in [3.8, 4) is 0 Å². The Labute approximate surface area is 112 Å². The molecule has 1 aromatic heterocycles. The van der Waals surface area contributed by atoms with E-state index >= 15 is 0 Å². The van der Waals surface area contributed by atoms with Gasteiger partial charge in [0.25, 0.3) is 0 Å². The van der Waals surface area contributed by atoms with Gasteiger partial charge in [-0.15, -0.1) is 11.3 Å². The van der Waals surface area contributed by atoms with Crippen LogP contribution in [0.15, 0.2) is 48.5 Å². The Morgan fingerprint density at radius 3 is 2.58 bits per heavy atom. The normalized spacial score (nSPS) is 10.8. The highest BCUT2D eigenvalue weighted by Crippen LogP contribution is 2.28. The van der Waals surface area contributed by atoms with Crippen molar-refractivity contribution in [2.45, 2.75) is 0 Å². The molecule has 0 N–H and O–H groups in total. The summed E-state index contributed by atoms with van der Waals surface area (Å²) in [6.45, 7) is 0. The first kappa shape index (κ1) is 12.0. The molecule has 94 valence electrons. The van der Waals surface area contributed by atoms with Crippen LogP contribution >= 0.6 is 11.3 Å². The fourth-order valence-corrected chi connectivity index (χ4v) is 2.94. The summed E-state index contributed by atoms with van der Waals surface area (Å²) in [4.78, 5) is 12.6. The molecule has 4 heteroatoms. The number of thiophene rings is 1. The quantitative estimate of drug-likeness (QED) is 0.633. The van der Waals surface area contributed by atoms with Crippen molar-refractivity contribution >= 4 is 27.2 Å². The first-order valence-corrected chi connectivity index (χ1v) is 6.45. The number of hydrogen-bond acceptors (Lipinski definition) is 2. The van der Waals surface area contributed by atoms with Crippen molar-refractivity contribution in [2.75, 3.05) is 0 Å². The van der Waals surface area contributed by atoms with Crippen molar-refractivity contribution in [2.24, 2.45) is 0 Å². The van der Waals surface area contributed by atoms with E-state index in [1.54, 1.807) is 18.2 Å². The second-order valence-corrected chi connectivity index (χ2v) is 5.19. The second-order valence-electron chi connectivity index (χ2n) is 4.10. The lowest BCUT2D eigenvalue weighted by molar-refractivity contribution is 0.103. The minimum Gasteiger partial charge on any atom is -0.288 e. The van der Waals surface area contributed by atoms with Crippen LogP contribution in [0.3, 0.4) is 0 Å². The summed E-state index contributed by atoms with van der Waals surface area (Å²) in [6, 6.07) is 11.8. The third kappa shape index (κ3) is 2.15. The van der Waals surface area contributed by atoms with E-state index in [4.69, 9.17) is 0 Å². The lowest BCUT2D eigenvalue weighted by atomic mass is 10.1. The highest BCUT2D eigenvalue weighted by molar-refractivity contribution is 7.21. The number of hydrogen-bond donors (Lipinski definition) is 0. The molecule has 0 radical (unpaired) electrons. The molecular formula is C15H8F2OS. The lowest BCUT2D eigenvalue weighted by Gasteiger charge is -1.98. The molecule has 3 rings (SSSR count). The molecule has 0 amide bonds. The Morgan fingerprint density at radius 2 is 1.79 bits per heavy atom. The Bertz CT molecular complexity index is 777.